The van der Waals surface area contributed by atoms with Crippen LogP contribution in [0.3, 0.4) is 0 Å². The highest BCUT2D eigenvalue weighted by molar-refractivity contribution is 7.89. The number of hydrogen-bond acceptors (Lipinski definition) is 6. The van der Waals surface area contributed by atoms with E-state index >= 15 is 0 Å². The molecular weight excluding hydrogens is 454 g/mol. The predicted molar refractivity (Wildman–Crippen MR) is 131 cm³/mol. The number of fused-ring (bicyclic) bond motifs is 3. The molecule has 1 aliphatic rings. The maximum atomic E-state index is 13.4. The third-order valence-corrected chi connectivity index (χ3v) is 8.25. The van der Waals surface area contributed by atoms with Gasteiger partial charge < -0.3 is 14.6 Å². The number of nitrogens with zero attached hydrogens (tertiary/aromatic N) is 4. The van der Waals surface area contributed by atoms with Gasteiger partial charge in [-0.25, -0.2) is 18.4 Å². The first kappa shape index (κ1) is 24.2. The Morgan fingerprint density at radius 1 is 1.15 bits per heavy atom. The van der Waals surface area contributed by atoms with Gasteiger partial charge in [0.15, 0.2) is 5.65 Å². The molecule has 1 amide bonds. The van der Waals surface area contributed by atoms with Crippen LogP contribution in [-0.4, -0.2) is 53.4 Å². The fourth-order valence-electron chi connectivity index (χ4n) is 4.44. The molecule has 0 bridgehead atoms. The number of aryl methyl sites for hydroxylation is 3. The summed E-state index contributed by atoms with van der Waals surface area (Å²) in [5, 5.41) is 2.85. The fourth-order valence-corrected chi connectivity index (χ4v) is 5.92. The molecule has 34 heavy (non-hydrogen) atoms. The van der Waals surface area contributed by atoms with Crippen molar-refractivity contribution in [1.82, 2.24) is 18.8 Å². The monoisotopic (exact) mass is 485 g/mol. The lowest BCUT2D eigenvalue weighted by Crippen LogP contribution is -2.30. The van der Waals surface area contributed by atoms with Crippen molar-refractivity contribution in [2.75, 3.05) is 25.5 Å². The molecule has 0 unspecified atom stereocenters. The van der Waals surface area contributed by atoms with Crippen LogP contribution in [-0.2, 0) is 23.0 Å². The van der Waals surface area contributed by atoms with Crippen molar-refractivity contribution in [3.63, 3.8) is 0 Å². The Morgan fingerprint density at radius 3 is 2.62 bits per heavy atom. The standard InChI is InChI=1S/C24H31N5O4S/c1-5-28(6-2)34(31,32)17-11-12-20(33-4)19(15-17)26-24(30)18-14-16(3)25-23-22(18)27-21-10-8-7-9-13-29(21)23/h11-12,14-15H,5-10,13H2,1-4H3,(H,26,30). The highest BCUT2D eigenvalue weighted by atomic mass is 32.2. The summed E-state index contributed by atoms with van der Waals surface area (Å²) < 4.78 is 34.9. The summed E-state index contributed by atoms with van der Waals surface area (Å²) in [6.45, 7) is 6.97. The molecule has 0 spiro atoms. The molecule has 10 heteroatoms. The van der Waals surface area contributed by atoms with Gasteiger partial charge in [-0.15, -0.1) is 0 Å². The molecule has 182 valence electrons. The van der Waals surface area contributed by atoms with Gasteiger partial charge in [0.25, 0.3) is 5.91 Å². The normalized spacial score (nSPS) is 14.1. The van der Waals surface area contributed by atoms with E-state index in [1.54, 1.807) is 26.0 Å². The largest absolute Gasteiger partial charge is 0.495 e. The molecule has 4 rings (SSSR count). The summed E-state index contributed by atoms with van der Waals surface area (Å²) in [6, 6.07) is 6.20. The molecular formula is C24H31N5O4S. The number of anilines is 1. The molecule has 0 saturated heterocycles. The van der Waals surface area contributed by atoms with Gasteiger partial charge in [0, 0.05) is 31.7 Å². The average molecular weight is 486 g/mol. The molecule has 3 aromatic rings. The quantitative estimate of drug-likeness (QED) is 0.546. The molecule has 1 aromatic carbocycles. The molecule has 0 saturated carbocycles. The Kier molecular flexibility index (Phi) is 6.90. The van der Waals surface area contributed by atoms with Crippen LogP contribution in [0.2, 0.25) is 0 Å². The summed E-state index contributed by atoms with van der Waals surface area (Å²) in [5.74, 6) is 0.929. The first-order valence-corrected chi connectivity index (χ1v) is 13.1. The van der Waals surface area contributed by atoms with E-state index in [0.29, 0.717) is 35.6 Å². The van der Waals surface area contributed by atoms with Crippen LogP contribution in [0.5, 0.6) is 5.75 Å². The van der Waals surface area contributed by atoms with E-state index < -0.39 is 10.0 Å². The number of hydrogen-bond donors (Lipinski definition) is 1. The van der Waals surface area contributed by atoms with E-state index in [1.165, 1.54) is 23.5 Å². The van der Waals surface area contributed by atoms with Crippen LogP contribution in [0.4, 0.5) is 5.69 Å². The Morgan fingerprint density at radius 2 is 1.91 bits per heavy atom. The number of benzene rings is 1. The number of carbonyl (C=O) groups is 1. The van der Waals surface area contributed by atoms with E-state index in [0.717, 1.165) is 43.7 Å². The van der Waals surface area contributed by atoms with Gasteiger partial charge in [0.2, 0.25) is 10.0 Å². The predicted octanol–water partition coefficient (Wildman–Crippen LogP) is 3.76. The number of methoxy groups -OCH3 is 1. The first-order valence-electron chi connectivity index (χ1n) is 11.7. The van der Waals surface area contributed by atoms with Crippen molar-refractivity contribution < 1.29 is 17.9 Å². The first-order chi connectivity index (χ1) is 16.3. The molecule has 1 aliphatic heterocycles. The number of ether oxygens (including phenoxy) is 1. The van der Waals surface area contributed by atoms with Crippen LogP contribution in [0.1, 0.15) is 55.0 Å². The average Bonchev–Trinajstić information content (AvgIpc) is 2.99. The fraction of sp³-hybridized carbons (Fsp3) is 0.458. The maximum absolute atomic E-state index is 13.4. The van der Waals surface area contributed by atoms with E-state index in [4.69, 9.17) is 9.72 Å². The SMILES string of the molecule is CCN(CC)S(=O)(=O)c1ccc(OC)c(NC(=O)c2cc(C)nc3c2nc2n3CCCCC2)c1. The van der Waals surface area contributed by atoms with Crippen LogP contribution in [0.15, 0.2) is 29.2 Å². The third-order valence-electron chi connectivity index (χ3n) is 6.20. The zero-order valence-corrected chi connectivity index (χ0v) is 20.9. The summed E-state index contributed by atoms with van der Waals surface area (Å²) in [4.78, 5) is 23.0. The smallest absolute Gasteiger partial charge is 0.258 e. The Balaban J connectivity index is 1.74. The minimum atomic E-state index is -3.70. The Labute approximate surface area is 200 Å². The van der Waals surface area contributed by atoms with E-state index in [9.17, 15) is 13.2 Å². The summed E-state index contributed by atoms with van der Waals surface area (Å²) >= 11 is 0. The van der Waals surface area contributed by atoms with Gasteiger partial charge in [-0.2, -0.15) is 4.31 Å². The highest BCUT2D eigenvalue weighted by Gasteiger charge is 2.25. The lowest BCUT2D eigenvalue weighted by Gasteiger charge is -2.19. The number of aromatic nitrogens is 3. The molecule has 0 aliphatic carbocycles. The lowest BCUT2D eigenvalue weighted by molar-refractivity contribution is 0.102. The summed E-state index contributed by atoms with van der Waals surface area (Å²) in [5.41, 5.74) is 2.68. The molecule has 3 heterocycles. The number of nitrogens with one attached hydrogen (secondary N) is 1. The van der Waals surface area contributed by atoms with E-state index in [-0.39, 0.29) is 16.5 Å². The molecule has 2 aromatic heterocycles. The lowest BCUT2D eigenvalue weighted by atomic mass is 10.1. The van der Waals surface area contributed by atoms with Crippen LogP contribution in [0, 0.1) is 6.92 Å². The third kappa shape index (κ3) is 4.39. The second-order valence-corrected chi connectivity index (χ2v) is 10.3. The molecule has 1 N–H and O–H groups in total. The zero-order valence-electron chi connectivity index (χ0n) is 20.1. The van der Waals surface area contributed by atoms with Gasteiger partial charge in [-0.05, 0) is 44.0 Å². The van der Waals surface area contributed by atoms with Gasteiger partial charge in [-0.3, -0.25) is 4.79 Å². The van der Waals surface area contributed by atoms with Crippen LogP contribution in [0.25, 0.3) is 11.2 Å². The highest BCUT2D eigenvalue weighted by Crippen LogP contribution is 2.30. The number of pyridine rings is 1. The molecule has 0 radical (unpaired) electrons. The van der Waals surface area contributed by atoms with Gasteiger partial charge in [0.05, 0.1) is 23.3 Å². The maximum Gasteiger partial charge on any atom is 0.258 e. The number of imidazole rings is 1. The van der Waals surface area contributed by atoms with Crippen molar-refractivity contribution in [1.29, 1.82) is 0 Å². The topological polar surface area (TPSA) is 106 Å². The zero-order chi connectivity index (χ0) is 24.5. The van der Waals surface area contributed by atoms with Crippen LogP contribution < -0.4 is 10.1 Å². The molecule has 9 nitrogen and oxygen atoms in total. The van der Waals surface area contributed by atoms with Crippen molar-refractivity contribution in [3.05, 3.63) is 41.3 Å². The van der Waals surface area contributed by atoms with Crippen molar-refractivity contribution in [2.45, 2.75) is 57.9 Å². The minimum absolute atomic E-state index is 0.0945. The van der Waals surface area contributed by atoms with Gasteiger partial charge >= 0.3 is 0 Å². The Bertz CT molecular complexity index is 1330. The number of sulfonamides is 1. The Hall–Kier alpha value is -2.98. The number of rotatable bonds is 7. The second kappa shape index (κ2) is 9.71. The minimum Gasteiger partial charge on any atom is -0.495 e. The van der Waals surface area contributed by atoms with Gasteiger partial charge in [0.1, 0.15) is 17.1 Å². The number of amides is 1. The summed E-state index contributed by atoms with van der Waals surface area (Å²) in [7, 11) is -2.22. The number of carbonyl (C=O) groups excluding carboxylic acids is 1. The second-order valence-electron chi connectivity index (χ2n) is 8.38. The molecule has 0 fully saturated rings. The van der Waals surface area contributed by atoms with Crippen LogP contribution >= 0.6 is 0 Å². The van der Waals surface area contributed by atoms with E-state index in [2.05, 4.69) is 14.9 Å². The van der Waals surface area contributed by atoms with E-state index in [1.807, 2.05) is 6.92 Å². The molecule has 0 atom stereocenters. The van der Waals surface area contributed by atoms with Crippen molar-refractivity contribution in [2.24, 2.45) is 0 Å². The van der Waals surface area contributed by atoms with Crippen molar-refractivity contribution in [3.8, 4) is 5.75 Å². The van der Waals surface area contributed by atoms with Crippen molar-refractivity contribution >= 4 is 32.8 Å². The van der Waals surface area contributed by atoms with Gasteiger partial charge in [-0.1, -0.05) is 20.3 Å². The summed E-state index contributed by atoms with van der Waals surface area (Å²) in [6.07, 6.45) is 4.13.